The second kappa shape index (κ2) is 6.68. The van der Waals surface area contributed by atoms with Gasteiger partial charge < -0.3 is 9.08 Å². The molecule has 0 fully saturated rings. The van der Waals surface area contributed by atoms with Crippen molar-refractivity contribution in [3.05, 3.63) is 29.3 Å². The summed E-state index contributed by atoms with van der Waals surface area (Å²) in [7, 11) is -5.63. The van der Waals surface area contributed by atoms with E-state index in [0.717, 1.165) is 43.6 Å². The zero-order valence-corrected chi connectivity index (χ0v) is 13.9. The molecule has 0 aliphatic heterocycles. The van der Waals surface area contributed by atoms with E-state index in [1.807, 2.05) is 0 Å². The maximum absolute atomic E-state index is 12.4. The molecule has 0 bridgehead atoms. The van der Waals surface area contributed by atoms with Crippen molar-refractivity contribution >= 4 is 10.1 Å². The molecule has 1 aromatic carbocycles. The predicted molar refractivity (Wildman–Crippen MR) is 80.9 cm³/mol. The van der Waals surface area contributed by atoms with Gasteiger partial charge in [0, 0.05) is 6.54 Å². The summed E-state index contributed by atoms with van der Waals surface area (Å²) in [6.45, 7) is 6.68. The highest BCUT2D eigenvalue weighted by molar-refractivity contribution is 7.88. The lowest BCUT2D eigenvalue weighted by Gasteiger charge is -2.23. The lowest BCUT2D eigenvalue weighted by molar-refractivity contribution is -0.0500. The summed E-state index contributed by atoms with van der Waals surface area (Å²) in [4.78, 5) is 2.24. The van der Waals surface area contributed by atoms with Crippen molar-refractivity contribution in [1.82, 2.24) is 4.90 Å². The van der Waals surface area contributed by atoms with E-state index in [1.54, 1.807) is 6.07 Å². The zero-order chi connectivity index (χ0) is 17.3. The first-order valence-electron chi connectivity index (χ1n) is 7.53. The number of halogens is 3. The van der Waals surface area contributed by atoms with Gasteiger partial charge in [-0.2, -0.15) is 21.6 Å². The van der Waals surface area contributed by atoms with Crippen LogP contribution in [-0.4, -0.2) is 38.5 Å². The van der Waals surface area contributed by atoms with Gasteiger partial charge in [-0.15, -0.1) is 0 Å². The standard InChI is InChI=1S/C15H20F3NO3S/c1-3-19(4-2)10-12-6-5-11-7-8-13(9-14(11)12)22-23(20,21)15(16,17)18/h7-9,12H,3-6,10H2,1-2H3. The summed E-state index contributed by atoms with van der Waals surface area (Å²) in [5.41, 5.74) is -3.50. The van der Waals surface area contributed by atoms with Gasteiger partial charge >= 0.3 is 15.6 Å². The molecule has 2 rings (SSSR count). The highest BCUT2D eigenvalue weighted by atomic mass is 32.2. The summed E-state index contributed by atoms with van der Waals surface area (Å²) >= 11 is 0. The second-order valence-electron chi connectivity index (χ2n) is 5.57. The topological polar surface area (TPSA) is 46.6 Å². The molecule has 1 aliphatic carbocycles. The van der Waals surface area contributed by atoms with Crippen LogP contribution in [0.1, 0.15) is 37.3 Å². The summed E-state index contributed by atoms with van der Waals surface area (Å²) in [5, 5.41) is 0. The summed E-state index contributed by atoms with van der Waals surface area (Å²) in [6, 6.07) is 4.36. The summed E-state index contributed by atoms with van der Waals surface area (Å²) < 4.78 is 63.7. The molecule has 0 aromatic heterocycles. The molecule has 130 valence electrons. The Bertz CT molecular complexity index is 654. The van der Waals surface area contributed by atoms with E-state index < -0.39 is 15.6 Å². The van der Waals surface area contributed by atoms with Gasteiger partial charge in [0.2, 0.25) is 0 Å². The molecule has 0 radical (unpaired) electrons. The Labute approximate surface area is 134 Å². The number of aryl methyl sites for hydroxylation is 1. The number of rotatable bonds is 6. The Kier molecular flexibility index (Phi) is 5.25. The minimum atomic E-state index is -5.63. The average molecular weight is 351 g/mol. The van der Waals surface area contributed by atoms with E-state index in [9.17, 15) is 21.6 Å². The van der Waals surface area contributed by atoms with Gasteiger partial charge in [0.15, 0.2) is 0 Å². The second-order valence-corrected chi connectivity index (χ2v) is 7.10. The van der Waals surface area contributed by atoms with E-state index in [4.69, 9.17) is 0 Å². The number of benzene rings is 1. The molecule has 0 amide bonds. The van der Waals surface area contributed by atoms with Gasteiger partial charge in [-0.1, -0.05) is 19.9 Å². The minimum absolute atomic E-state index is 0.182. The van der Waals surface area contributed by atoms with Crippen LogP contribution in [0.15, 0.2) is 18.2 Å². The van der Waals surface area contributed by atoms with Crippen molar-refractivity contribution in [1.29, 1.82) is 0 Å². The molecule has 8 heteroatoms. The van der Waals surface area contributed by atoms with E-state index in [2.05, 4.69) is 22.9 Å². The molecule has 1 atom stereocenters. The normalized spacial score (nSPS) is 18.3. The third-order valence-corrected chi connectivity index (χ3v) is 5.16. The molecule has 1 aromatic rings. The lowest BCUT2D eigenvalue weighted by atomic mass is 10.0. The highest BCUT2D eigenvalue weighted by Gasteiger charge is 2.48. The Morgan fingerprint density at radius 3 is 2.48 bits per heavy atom. The molecular weight excluding hydrogens is 331 g/mol. The molecular formula is C15H20F3NO3S. The van der Waals surface area contributed by atoms with E-state index in [0.29, 0.717) is 0 Å². The summed E-state index contributed by atoms with van der Waals surface area (Å²) in [5.74, 6) is -0.102. The van der Waals surface area contributed by atoms with Crippen LogP contribution >= 0.6 is 0 Å². The van der Waals surface area contributed by atoms with Gasteiger partial charge in [0.25, 0.3) is 0 Å². The Balaban J connectivity index is 2.22. The molecule has 1 aliphatic rings. The largest absolute Gasteiger partial charge is 0.534 e. The van der Waals surface area contributed by atoms with Crippen LogP contribution in [0.4, 0.5) is 13.2 Å². The van der Waals surface area contributed by atoms with Crippen molar-refractivity contribution in [3.8, 4) is 5.75 Å². The molecule has 0 saturated carbocycles. The van der Waals surface area contributed by atoms with Gasteiger partial charge in [0.1, 0.15) is 5.75 Å². The van der Waals surface area contributed by atoms with Crippen LogP contribution in [0.2, 0.25) is 0 Å². The van der Waals surface area contributed by atoms with E-state index in [-0.39, 0.29) is 11.7 Å². The van der Waals surface area contributed by atoms with E-state index in [1.165, 1.54) is 12.1 Å². The van der Waals surface area contributed by atoms with Crippen LogP contribution < -0.4 is 4.18 Å². The Morgan fingerprint density at radius 2 is 1.91 bits per heavy atom. The third kappa shape index (κ3) is 3.98. The number of likely N-dealkylation sites (N-methyl/N-ethyl adjacent to an activating group) is 1. The van der Waals surface area contributed by atoms with Crippen LogP contribution in [0.3, 0.4) is 0 Å². The smallest absolute Gasteiger partial charge is 0.376 e. The molecule has 1 unspecified atom stereocenters. The maximum atomic E-state index is 12.4. The molecule has 4 nitrogen and oxygen atoms in total. The molecule has 0 N–H and O–H groups in total. The molecule has 0 heterocycles. The number of hydrogen-bond acceptors (Lipinski definition) is 4. The highest BCUT2D eigenvalue weighted by Crippen LogP contribution is 2.37. The Hall–Kier alpha value is -1.28. The van der Waals surface area contributed by atoms with Gasteiger partial charge in [-0.05, 0) is 55.1 Å². The van der Waals surface area contributed by atoms with Crippen molar-refractivity contribution in [2.75, 3.05) is 19.6 Å². The van der Waals surface area contributed by atoms with Gasteiger partial charge in [0.05, 0.1) is 0 Å². The fourth-order valence-corrected chi connectivity index (χ4v) is 3.33. The molecule has 0 spiro atoms. The van der Waals surface area contributed by atoms with Crippen LogP contribution in [-0.2, 0) is 16.5 Å². The SMILES string of the molecule is CCN(CC)CC1CCc2ccc(OS(=O)(=O)C(F)(F)F)cc21. The van der Waals surface area contributed by atoms with Crippen molar-refractivity contribution in [3.63, 3.8) is 0 Å². The van der Waals surface area contributed by atoms with Crippen molar-refractivity contribution in [2.45, 2.75) is 38.1 Å². The van der Waals surface area contributed by atoms with E-state index >= 15 is 0 Å². The fraction of sp³-hybridized carbons (Fsp3) is 0.600. The van der Waals surface area contributed by atoms with Crippen molar-refractivity contribution in [2.24, 2.45) is 0 Å². The van der Waals surface area contributed by atoms with Gasteiger partial charge in [-0.3, -0.25) is 0 Å². The number of hydrogen-bond donors (Lipinski definition) is 0. The Morgan fingerprint density at radius 1 is 1.26 bits per heavy atom. The predicted octanol–water partition coefficient (Wildman–Crippen LogP) is 3.29. The first-order chi connectivity index (χ1) is 10.7. The first-order valence-corrected chi connectivity index (χ1v) is 8.94. The molecule has 23 heavy (non-hydrogen) atoms. The number of alkyl halides is 3. The van der Waals surface area contributed by atoms with Crippen LogP contribution in [0.25, 0.3) is 0 Å². The van der Waals surface area contributed by atoms with Crippen LogP contribution in [0.5, 0.6) is 5.75 Å². The first kappa shape index (κ1) is 18.1. The monoisotopic (exact) mass is 351 g/mol. The summed E-state index contributed by atoms with van der Waals surface area (Å²) in [6.07, 6.45) is 1.74. The lowest BCUT2D eigenvalue weighted by Crippen LogP contribution is -2.28. The van der Waals surface area contributed by atoms with Crippen molar-refractivity contribution < 1.29 is 25.8 Å². The van der Waals surface area contributed by atoms with Gasteiger partial charge in [-0.25, -0.2) is 0 Å². The number of fused-ring (bicyclic) bond motifs is 1. The number of nitrogens with zero attached hydrogens (tertiary/aromatic N) is 1. The fourth-order valence-electron chi connectivity index (χ4n) is 2.87. The minimum Gasteiger partial charge on any atom is -0.376 e. The quantitative estimate of drug-likeness (QED) is 0.583. The maximum Gasteiger partial charge on any atom is 0.534 e. The molecule has 0 saturated heterocycles. The average Bonchev–Trinajstić information content (AvgIpc) is 2.85. The third-order valence-electron chi connectivity index (χ3n) is 4.18. The zero-order valence-electron chi connectivity index (χ0n) is 13.1. The van der Waals surface area contributed by atoms with Crippen LogP contribution in [0, 0.1) is 0 Å².